The molecule has 1 unspecified atom stereocenters. The van der Waals surface area contributed by atoms with Gasteiger partial charge in [-0.1, -0.05) is 57.9 Å². The second kappa shape index (κ2) is 13.0. The Balaban J connectivity index is 1.39. The van der Waals surface area contributed by atoms with Gasteiger partial charge in [0.25, 0.3) is 0 Å². The summed E-state index contributed by atoms with van der Waals surface area (Å²) in [6.45, 7) is 4.46. The summed E-state index contributed by atoms with van der Waals surface area (Å²) >= 11 is 0. The number of ether oxygens (including phenoxy) is 2. The number of carbonyl (C=O) groups is 1. The number of carbonyl (C=O) groups excluding carboxylic acids is 1. The van der Waals surface area contributed by atoms with Crippen molar-refractivity contribution >= 4 is 5.97 Å². The minimum absolute atomic E-state index is 0.217. The number of hydrogen-bond acceptors (Lipinski definition) is 5. The summed E-state index contributed by atoms with van der Waals surface area (Å²) in [5.41, 5.74) is 2.88. The van der Waals surface area contributed by atoms with Crippen molar-refractivity contribution in [2.75, 3.05) is 6.61 Å². The van der Waals surface area contributed by atoms with E-state index in [-0.39, 0.29) is 12.1 Å². The predicted molar refractivity (Wildman–Crippen MR) is 128 cm³/mol. The molecule has 0 spiro atoms. The quantitative estimate of drug-likeness (QED) is 0.205. The van der Waals surface area contributed by atoms with Gasteiger partial charge < -0.3 is 9.47 Å². The number of esters is 1. The van der Waals surface area contributed by atoms with E-state index in [1.807, 2.05) is 43.6 Å². The number of unbranched alkanes of at least 4 members (excludes halogenated alkanes) is 7. The summed E-state index contributed by atoms with van der Waals surface area (Å²) in [6.07, 6.45) is 17.7. The van der Waals surface area contributed by atoms with Crippen LogP contribution in [0, 0.1) is 0 Å². The van der Waals surface area contributed by atoms with Crippen LogP contribution in [0.3, 0.4) is 0 Å². The van der Waals surface area contributed by atoms with E-state index in [1.165, 1.54) is 56.9 Å². The zero-order chi connectivity index (χ0) is 22.6. The van der Waals surface area contributed by atoms with Gasteiger partial charge in [0.1, 0.15) is 18.5 Å². The number of aromatic nitrogens is 2. The first kappa shape index (κ1) is 24.0. The summed E-state index contributed by atoms with van der Waals surface area (Å²) in [5.74, 6) is 1.23. The van der Waals surface area contributed by atoms with E-state index < -0.39 is 0 Å². The highest BCUT2D eigenvalue weighted by molar-refractivity contribution is 5.90. The van der Waals surface area contributed by atoms with Crippen LogP contribution in [0.2, 0.25) is 0 Å². The molecule has 1 atom stereocenters. The van der Waals surface area contributed by atoms with Gasteiger partial charge in [0.15, 0.2) is 5.82 Å². The van der Waals surface area contributed by atoms with Gasteiger partial charge in [-0.25, -0.2) is 14.8 Å². The summed E-state index contributed by atoms with van der Waals surface area (Å²) in [6, 6.07) is 7.72. The highest BCUT2D eigenvalue weighted by atomic mass is 16.6. The zero-order valence-electron chi connectivity index (χ0n) is 19.5. The molecule has 0 saturated carbocycles. The SMILES string of the molecule is CC=C1CC(COc2ccc(-c3ncc(CCCCCCCCCC)cn3)cc2)OC1=O. The molecule has 0 bridgehead atoms. The van der Waals surface area contributed by atoms with E-state index >= 15 is 0 Å². The molecule has 32 heavy (non-hydrogen) atoms. The molecule has 1 aliphatic heterocycles. The van der Waals surface area contributed by atoms with Crippen LogP contribution in [0.25, 0.3) is 11.4 Å². The summed E-state index contributed by atoms with van der Waals surface area (Å²) in [4.78, 5) is 20.7. The lowest BCUT2D eigenvalue weighted by atomic mass is 10.1. The van der Waals surface area contributed by atoms with E-state index in [2.05, 4.69) is 16.9 Å². The van der Waals surface area contributed by atoms with Crippen LogP contribution in [0.4, 0.5) is 0 Å². The highest BCUT2D eigenvalue weighted by Crippen LogP contribution is 2.23. The molecule has 0 N–H and O–H groups in total. The number of hydrogen-bond donors (Lipinski definition) is 0. The second-order valence-corrected chi connectivity index (χ2v) is 8.52. The van der Waals surface area contributed by atoms with Crippen LogP contribution in [-0.4, -0.2) is 28.6 Å². The maximum atomic E-state index is 11.6. The van der Waals surface area contributed by atoms with Crippen LogP contribution < -0.4 is 4.74 Å². The zero-order valence-corrected chi connectivity index (χ0v) is 19.5. The number of benzene rings is 1. The first-order valence-corrected chi connectivity index (χ1v) is 12.1. The van der Waals surface area contributed by atoms with Gasteiger partial charge in [0.05, 0.1) is 0 Å². The molecule has 1 aromatic heterocycles. The molecule has 0 amide bonds. The Kier molecular flexibility index (Phi) is 9.73. The molecular weight excluding hydrogens is 400 g/mol. The Labute approximate surface area is 192 Å². The van der Waals surface area contributed by atoms with Gasteiger partial charge in [-0.05, 0) is 49.6 Å². The van der Waals surface area contributed by atoms with Gasteiger partial charge in [-0.15, -0.1) is 0 Å². The summed E-state index contributed by atoms with van der Waals surface area (Å²) < 4.78 is 11.1. The smallest absolute Gasteiger partial charge is 0.334 e. The molecular formula is C27H36N2O3. The summed E-state index contributed by atoms with van der Waals surface area (Å²) in [5, 5.41) is 0. The topological polar surface area (TPSA) is 61.3 Å². The van der Waals surface area contributed by atoms with Crippen molar-refractivity contribution in [3.05, 3.63) is 53.9 Å². The molecule has 1 aromatic carbocycles. The number of nitrogens with zero attached hydrogens (tertiary/aromatic N) is 2. The highest BCUT2D eigenvalue weighted by Gasteiger charge is 2.28. The van der Waals surface area contributed by atoms with E-state index in [9.17, 15) is 4.79 Å². The molecule has 5 nitrogen and oxygen atoms in total. The lowest BCUT2D eigenvalue weighted by Crippen LogP contribution is -2.17. The molecule has 1 saturated heterocycles. The Morgan fingerprint density at radius 2 is 1.66 bits per heavy atom. The first-order chi connectivity index (χ1) is 15.7. The van der Waals surface area contributed by atoms with E-state index in [0.29, 0.717) is 13.0 Å². The van der Waals surface area contributed by atoms with Crippen molar-refractivity contribution in [2.24, 2.45) is 0 Å². The van der Waals surface area contributed by atoms with Crippen molar-refractivity contribution in [3.63, 3.8) is 0 Å². The molecule has 3 rings (SSSR count). The van der Waals surface area contributed by atoms with Crippen molar-refractivity contribution < 1.29 is 14.3 Å². The standard InChI is InChI=1S/C27H36N2O3/c1-3-5-6-7-8-9-10-11-12-21-18-28-26(29-19-21)23-13-15-24(16-14-23)31-20-25-17-22(4-2)27(30)32-25/h4,13-16,18-19,25H,3,5-12,17,20H2,1-2H3. The molecule has 5 heteroatoms. The molecule has 2 heterocycles. The predicted octanol–water partition coefficient (Wildman–Crippen LogP) is 6.47. The molecule has 0 aliphatic carbocycles. The fourth-order valence-electron chi connectivity index (χ4n) is 3.91. The van der Waals surface area contributed by atoms with Gasteiger partial charge in [-0.2, -0.15) is 0 Å². The van der Waals surface area contributed by atoms with Gasteiger partial charge in [0, 0.05) is 30.0 Å². The molecule has 1 aliphatic rings. The maximum Gasteiger partial charge on any atom is 0.334 e. The van der Waals surface area contributed by atoms with Gasteiger partial charge >= 0.3 is 5.97 Å². The normalized spacial score (nSPS) is 17.0. The minimum Gasteiger partial charge on any atom is -0.490 e. The third-order valence-electron chi connectivity index (χ3n) is 5.90. The minimum atomic E-state index is -0.237. The third kappa shape index (κ3) is 7.47. The number of allylic oxidation sites excluding steroid dienone is 1. The number of cyclic esters (lactones) is 1. The van der Waals surface area contributed by atoms with Crippen LogP contribution in [0.15, 0.2) is 48.3 Å². The Morgan fingerprint density at radius 3 is 2.28 bits per heavy atom. The van der Waals surface area contributed by atoms with E-state index in [0.717, 1.165) is 29.1 Å². The number of aryl methyl sites for hydroxylation is 1. The van der Waals surface area contributed by atoms with Gasteiger partial charge in [0.2, 0.25) is 0 Å². The van der Waals surface area contributed by atoms with Crippen molar-refractivity contribution in [1.82, 2.24) is 9.97 Å². The fourth-order valence-corrected chi connectivity index (χ4v) is 3.91. The van der Waals surface area contributed by atoms with Gasteiger partial charge in [-0.3, -0.25) is 0 Å². The molecule has 2 aromatic rings. The Morgan fingerprint density at radius 1 is 1.00 bits per heavy atom. The first-order valence-electron chi connectivity index (χ1n) is 12.1. The van der Waals surface area contributed by atoms with E-state index in [4.69, 9.17) is 9.47 Å². The Hall–Kier alpha value is -2.69. The fraction of sp³-hybridized carbons (Fsp3) is 0.519. The van der Waals surface area contributed by atoms with Crippen LogP contribution in [0.1, 0.15) is 77.2 Å². The third-order valence-corrected chi connectivity index (χ3v) is 5.90. The average molecular weight is 437 g/mol. The van der Waals surface area contributed by atoms with Crippen molar-refractivity contribution in [1.29, 1.82) is 0 Å². The largest absolute Gasteiger partial charge is 0.490 e. The van der Waals surface area contributed by atoms with Crippen molar-refractivity contribution in [3.8, 4) is 17.1 Å². The monoisotopic (exact) mass is 436 g/mol. The average Bonchev–Trinajstić information content (AvgIpc) is 3.20. The van der Waals surface area contributed by atoms with E-state index in [1.54, 1.807) is 6.08 Å². The van der Waals surface area contributed by atoms with Crippen LogP contribution >= 0.6 is 0 Å². The van der Waals surface area contributed by atoms with Crippen molar-refractivity contribution in [2.45, 2.75) is 84.2 Å². The lowest BCUT2D eigenvalue weighted by molar-refractivity contribution is -0.139. The maximum absolute atomic E-state index is 11.6. The van der Waals surface area contributed by atoms with Crippen LogP contribution in [0.5, 0.6) is 5.75 Å². The molecule has 1 fully saturated rings. The number of rotatable bonds is 13. The van der Waals surface area contributed by atoms with Crippen LogP contribution in [-0.2, 0) is 16.0 Å². The second-order valence-electron chi connectivity index (χ2n) is 8.52. The molecule has 0 radical (unpaired) electrons. The molecule has 172 valence electrons. The Bertz CT molecular complexity index is 859. The summed E-state index contributed by atoms with van der Waals surface area (Å²) in [7, 11) is 0. The lowest BCUT2D eigenvalue weighted by Gasteiger charge is -2.11.